The van der Waals surface area contributed by atoms with Crippen molar-refractivity contribution in [2.75, 3.05) is 13.7 Å². The zero-order chi connectivity index (χ0) is 13.5. The van der Waals surface area contributed by atoms with Crippen LogP contribution < -0.4 is 10.1 Å². The predicted molar refractivity (Wildman–Crippen MR) is 70.4 cm³/mol. The first-order valence-electron chi connectivity index (χ1n) is 6.14. The summed E-state index contributed by atoms with van der Waals surface area (Å²) in [6, 6.07) is 6.88. The summed E-state index contributed by atoms with van der Waals surface area (Å²) < 4.78 is 5.05. The summed E-state index contributed by atoms with van der Waals surface area (Å²) in [5, 5.41) is 12.6. The fourth-order valence-electron chi connectivity index (χ4n) is 1.54. The number of aliphatic hydroxyl groups is 1. The van der Waals surface area contributed by atoms with Crippen molar-refractivity contribution in [1.29, 1.82) is 0 Å². The smallest absolute Gasteiger partial charge is 0.253 e. The molecule has 1 rings (SSSR count). The molecule has 0 spiro atoms. The topological polar surface area (TPSA) is 58.6 Å². The second-order valence-electron chi connectivity index (χ2n) is 4.65. The molecule has 2 N–H and O–H groups in total. The standard InChI is InChI=1S/C14H21NO3/c1-10(2)7-8-15-14(17)13(16)11-5-4-6-12(9-11)18-3/h4-6,9-10,13,16H,7-8H2,1-3H3,(H,15,17). The highest BCUT2D eigenvalue weighted by molar-refractivity contribution is 5.81. The number of hydrogen-bond donors (Lipinski definition) is 2. The minimum Gasteiger partial charge on any atom is -0.497 e. The van der Waals surface area contributed by atoms with E-state index in [0.717, 1.165) is 6.42 Å². The number of hydrogen-bond acceptors (Lipinski definition) is 3. The summed E-state index contributed by atoms with van der Waals surface area (Å²) in [7, 11) is 1.55. The Morgan fingerprint density at radius 2 is 2.17 bits per heavy atom. The van der Waals surface area contributed by atoms with E-state index in [1.165, 1.54) is 0 Å². The summed E-state index contributed by atoms with van der Waals surface area (Å²) in [6.45, 7) is 4.76. The van der Waals surface area contributed by atoms with Crippen LogP contribution in [0.15, 0.2) is 24.3 Å². The predicted octanol–water partition coefficient (Wildman–Crippen LogP) is 1.89. The number of carbonyl (C=O) groups is 1. The molecular formula is C14H21NO3. The van der Waals surface area contributed by atoms with E-state index >= 15 is 0 Å². The molecule has 100 valence electrons. The summed E-state index contributed by atoms with van der Waals surface area (Å²) in [5.41, 5.74) is 0.538. The van der Waals surface area contributed by atoms with E-state index in [1.807, 2.05) is 0 Å². The molecule has 0 heterocycles. The molecule has 0 saturated heterocycles. The summed E-state index contributed by atoms with van der Waals surface area (Å²) in [5.74, 6) is 0.782. The molecule has 1 aromatic carbocycles. The summed E-state index contributed by atoms with van der Waals surface area (Å²) in [6.07, 6.45) is -0.247. The maximum absolute atomic E-state index is 11.7. The van der Waals surface area contributed by atoms with Gasteiger partial charge in [0, 0.05) is 6.54 Å². The van der Waals surface area contributed by atoms with Gasteiger partial charge in [0.1, 0.15) is 5.75 Å². The number of rotatable bonds is 6. The monoisotopic (exact) mass is 251 g/mol. The molecule has 0 radical (unpaired) electrons. The van der Waals surface area contributed by atoms with E-state index in [2.05, 4.69) is 19.2 Å². The zero-order valence-electron chi connectivity index (χ0n) is 11.1. The van der Waals surface area contributed by atoms with Crippen molar-refractivity contribution in [3.05, 3.63) is 29.8 Å². The molecule has 4 nitrogen and oxygen atoms in total. The van der Waals surface area contributed by atoms with Gasteiger partial charge in [-0.25, -0.2) is 0 Å². The zero-order valence-corrected chi connectivity index (χ0v) is 11.1. The Morgan fingerprint density at radius 3 is 2.78 bits per heavy atom. The summed E-state index contributed by atoms with van der Waals surface area (Å²) >= 11 is 0. The van der Waals surface area contributed by atoms with Crippen molar-refractivity contribution < 1.29 is 14.6 Å². The fraction of sp³-hybridized carbons (Fsp3) is 0.500. The average molecular weight is 251 g/mol. The van der Waals surface area contributed by atoms with E-state index in [4.69, 9.17) is 4.74 Å². The van der Waals surface area contributed by atoms with Crippen LogP contribution in [0.4, 0.5) is 0 Å². The number of methoxy groups -OCH3 is 1. The number of carbonyl (C=O) groups excluding carboxylic acids is 1. The maximum atomic E-state index is 11.7. The van der Waals surface area contributed by atoms with Gasteiger partial charge < -0.3 is 15.2 Å². The van der Waals surface area contributed by atoms with Gasteiger partial charge >= 0.3 is 0 Å². The van der Waals surface area contributed by atoms with E-state index in [9.17, 15) is 9.90 Å². The third-order valence-corrected chi connectivity index (χ3v) is 2.68. The molecule has 0 aliphatic carbocycles. The lowest BCUT2D eigenvalue weighted by molar-refractivity contribution is -0.129. The van der Waals surface area contributed by atoms with Gasteiger partial charge in [0.25, 0.3) is 5.91 Å². The lowest BCUT2D eigenvalue weighted by atomic mass is 10.1. The largest absolute Gasteiger partial charge is 0.497 e. The summed E-state index contributed by atoms with van der Waals surface area (Å²) in [4.78, 5) is 11.7. The minimum absolute atomic E-state index is 0.371. The Hall–Kier alpha value is -1.55. The van der Waals surface area contributed by atoms with E-state index in [0.29, 0.717) is 23.8 Å². The Labute approximate surface area is 108 Å². The molecule has 0 aliphatic heterocycles. The third kappa shape index (κ3) is 4.37. The average Bonchev–Trinajstić information content (AvgIpc) is 2.37. The Morgan fingerprint density at radius 1 is 1.44 bits per heavy atom. The van der Waals surface area contributed by atoms with Crippen molar-refractivity contribution in [2.24, 2.45) is 5.92 Å². The first-order chi connectivity index (χ1) is 8.54. The second kappa shape index (κ2) is 7.01. The highest BCUT2D eigenvalue weighted by Gasteiger charge is 2.17. The SMILES string of the molecule is COc1cccc(C(O)C(=O)NCCC(C)C)c1. The molecule has 0 fully saturated rings. The van der Waals surface area contributed by atoms with E-state index < -0.39 is 6.10 Å². The van der Waals surface area contributed by atoms with Gasteiger partial charge in [-0.1, -0.05) is 26.0 Å². The molecule has 0 saturated carbocycles. The Balaban J connectivity index is 2.56. The van der Waals surface area contributed by atoms with Crippen LogP contribution in [-0.2, 0) is 4.79 Å². The quantitative estimate of drug-likeness (QED) is 0.811. The van der Waals surface area contributed by atoms with Crippen LogP contribution in [0.1, 0.15) is 31.9 Å². The van der Waals surface area contributed by atoms with Crippen LogP contribution in [0, 0.1) is 5.92 Å². The molecule has 0 aliphatic rings. The van der Waals surface area contributed by atoms with Crippen LogP contribution in [-0.4, -0.2) is 24.7 Å². The number of ether oxygens (including phenoxy) is 1. The molecule has 1 amide bonds. The van der Waals surface area contributed by atoms with Gasteiger partial charge in [0.15, 0.2) is 6.10 Å². The van der Waals surface area contributed by atoms with Gasteiger partial charge in [-0.3, -0.25) is 4.79 Å². The van der Waals surface area contributed by atoms with Gasteiger partial charge in [0.05, 0.1) is 7.11 Å². The van der Waals surface area contributed by atoms with Crippen molar-refractivity contribution >= 4 is 5.91 Å². The van der Waals surface area contributed by atoms with Crippen molar-refractivity contribution in [2.45, 2.75) is 26.4 Å². The fourth-order valence-corrected chi connectivity index (χ4v) is 1.54. The van der Waals surface area contributed by atoms with Gasteiger partial charge in [-0.2, -0.15) is 0 Å². The number of nitrogens with one attached hydrogen (secondary N) is 1. The number of amides is 1. The van der Waals surface area contributed by atoms with Crippen molar-refractivity contribution in [3.63, 3.8) is 0 Å². The minimum atomic E-state index is -1.15. The highest BCUT2D eigenvalue weighted by atomic mass is 16.5. The van der Waals surface area contributed by atoms with Gasteiger partial charge in [0.2, 0.25) is 0 Å². The molecule has 0 aromatic heterocycles. The van der Waals surface area contributed by atoms with Crippen LogP contribution in [0.2, 0.25) is 0 Å². The molecule has 1 atom stereocenters. The normalized spacial score (nSPS) is 12.3. The molecule has 18 heavy (non-hydrogen) atoms. The lowest BCUT2D eigenvalue weighted by Crippen LogP contribution is -2.30. The number of benzene rings is 1. The second-order valence-corrected chi connectivity index (χ2v) is 4.65. The molecule has 4 heteroatoms. The molecule has 1 aromatic rings. The van der Waals surface area contributed by atoms with Gasteiger partial charge in [-0.15, -0.1) is 0 Å². The van der Waals surface area contributed by atoms with Gasteiger partial charge in [-0.05, 0) is 30.0 Å². The first kappa shape index (κ1) is 14.5. The molecule has 1 unspecified atom stereocenters. The Kier molecular flexibility index (Phi) is 5.65. The van der Waals surface area contributed by atoms with Crippen LogP contribution >= 0.6 is 0 Å². The van der Waals surface area contributed by atoms with E-state index in [-0.39, 0.29) is 5.91 Å². The van der Waals surface area contributed by atoms with Crippen molar-refractivity contribution in [3.8, 4) is 5.75 Å². The molecule has 0 bridgehead atoms. The van der Waals surface area contributed by atoms with Crippen LogP contribution in [0.3, 0.4) is 0 Å². The third-order valence-electron chi connectivity index (χ3n) is 2.68. The maximum Gasteiger partial charge on any atom is 0.253 e. The van der Waals surface area contributed by atoms with E-state index in [1.54, 1.807) is 31.4 Å². The molecular weight excluding hydrogens is 230 g/mol. The van der Waals surface area contributed by atoms with Crippen molar-refractivity contribution in [1.82, 2.24) is 5.32 Å². The van der Waals surface area contributed by atoms with Crippen LogP contribution in [0.5, 0.6) is 5.75 Å². The van der Waals surface area contributed by atoms with Crippen LogP contribution in [0.25, 0.3) is 0 Å². The first-order valence-corrected chi connectivity index (χ1v) is 6.14. The Bertz CT molecular complexity index is 390. The highest BCUT2D eigenvalue weighted by Crippen LogP contribution is 2.19. The lowest BCUT2D eigenvalue weighted by Gasteiger charge is -2.13. The number of aliphatic hydroxyl groups excluding tert-OH is 1.